The van der Waals surface area contributed by atoms with Gasteiger partial charge in [0.05, 0.1) is 0 Å². The first-order valence-corrected chi connectivity index (χ1v) is 10.9. The van der Waals surface area contributed by atoms with E-state index in [9.17, 15) is 10.1 Å². The molecule has 1 aromatic heterocycles. The van der Waals surface area contributed by atoms with Crippen LogP contribution < -0.4 is 4.74 Å². The Hall–Kier alpha value is -2.36. The van der Waals surface area contributed by atoms with E-state index >= 15 is 0 Å². The third-order valence-electron chi connectivity index (χ3n) is 4.12. The maximum Gasteiger partial charge on any atom is 0.220 e. The molecule has 0 bridgehead atoms. The van der Waals surface area contributed by atoms with E-state index < -0.39 is 5.25 Å². The minimum atomic E-state index is -0.549. The minimum absolute atomic E-state index is 0.296. The van der Waals surface area contributed by atoms with Crippen LogP contribution in [0.3, 0.4) is 0 Å². The van der Waals surface area contributed by atoms with Crippen molar-refractivity contribution >= 4 is 39.3 Å². The average Bonchev–Trinajstić information content (AvgIpc) is 3.07. The fraction of sp³-hybridized carbons (Fsp3) is 0.200. The number of benzene rings is 2. The molecule has 30 heavy (non-hydrogen) atoms. The number of ether oxygens (including phenoxy) is 1. The number of rotatable bonds is 9. The average molecular weight is 510 g/mol. The van der Waals surface area contributed by atoms with Crippen LogP contribution in [0.1, 0.15) is 16.6 Å². The highest BCUT2D eigenvalue weighted by Gasteiger charge is 2.27. The van der Waals surface area contributed by atoms with Crippen LogP contribution in [-0.4, -0.2) is 32.8 Å². The molecule has 1 atom stereocenters. The summed E-state index contributed by atoms with van der Waals surface area (Å²) in [5, 5.41) is 20.5. The van der Waals surface area contributed by atoms with Gasteiger partial charge in [-0.25, -0.2) is 0 Å². The van der Waals surface area contributed by atoms with E-state index in [-0.39, 0.29) is 11.5 Å². The van der Waals surface area contributed by atoms with E-state index in [1.807, 2.05) is 35.8 Å². The van der Waals surface area contributed by atoms with Crippen molar-refractivity contribution < 1.29 is 9.66 Å². The van der Waals surface area contributed by atoms with Crippen molar-refractivity contribution in [1.29, 1.82) is 0 Å². The number of hydrogen-bond acceptors (Lipinski definition) is 6. The smallest absolute Gasteiger partial charge is 0.220 e. The topological polar surface area (TPSA) is 83.1 Å². The number of hydrogen-bond donors (Lipinski definition) is 0. The zero-order valence-electron chi connectivity index (χ0n) is 16.0. The first kappa shape index (κ1) is 22.3. The number of thioether (sulfide) groups is 1. The summed E-state index contributed by atoms with van der Waals surface area (Å²) >= 11 is 10.7. The standard InChI is InChI=1S/C20H18BrClN4O3S/c1-3-10-29-18-9-4-14(21)11-17(18)19(12-25(27)28)30-20-24-23-13(2)26(20)16-7-5-15(22)6-8-16/h3-9,11,19H,1,10,12H2,2H3/t19-/m1/s1. The van der Waals surface area contributed by atoms with Crippen molar-refractivity contribution in [3.8, 4) is 11.4 Å². The lowest BCUT2D eigenvalue weighted by molar-refractivity contribution is -0.479. The van der Waals surface area contributed by atoms with Crippen molar-refractivity contribution in [1.82, 2.24) is 14.8 Å². The van der Waals surface area contributed by atoms with Crippen LogP contribution in [0, 0.1) is 17.0 Å². The van der Waals surface area contributed by atoms with Crippen LogP contribution in [-0.2, 0) is 0 Å². The molecule has 0 fully saturated rings. The summed E-state index contributed by atoms with van der Waals surface area (Å²) < 4.78 is 8.38. The summed E-state index contributed by atoms with van der Waals surface area (Å²) in [6.45, 7) is 5.47. The molecule has 3 aromatic rings. The Morgan fingerprint density at radius 3 is 2.73 bits per heavy atom. The van der Waals surface area contributed by atoms with E-state index in [1.165, 1.54) is 11.8 Å². The molecule has 1 heterocycles. The molecule has 0 amide bonds. The number of aromatic nitrogens is 3. The molecule has 156 valence electrons. The summed E-state index contributed by atoms with van der Waals surface area (Å²) in [5.41, 5.74) is 1.51. The normalized spacial score (nSPS) is 11.8. The minimum Gasteiger partial charge on any atom is -0.489 e. The van der Waals surface area contributed by atoms with Gasteiger partial charge >= 0.3 is 0 Å². The Morgan fingerprint density at radius 1 is 1.33 bits per heavy atom. The maximum absolute atomic E-state index is 11.4. The predicted octanol–water partition coefficient (Wildman–Crippen LogP) is 5.67. The monoisotopic (exact) mass is 508 g/mol. The zero-order chi connectivity index (χ0) is 21.7. The van der Waals surface area contributed by atoms with Gasteiger partial charge in [0.25, 0.3) is 0 Å². The quantitative estimate of drug-likeness (QED) is 0.160. The van der Waals surface area contributed by atoms with Crippen LogP contribution in [0.4, 0.5) is 0 Å². The lowest BCUT2D eigenvalue weighted by Crippen LogP contribution is -2.12. The van der Waals surface area contributed by atoms with Crippen molar-refractivity contribution in [2.24, 2.45) is 0 Å². The second kappa shape index (κ2) is 10.1. The van der Waals surface area contributed by atoms with E-state index in [0.717, 1.165) is 10.2 Å². The highest BCUT2D eigenvalue weighted by Crippen LogP contribution is 2.41. The first-order valence-electron chi connectivity index (χ1n) is 8.88. The first-order chi connectivity index (χ1) is 14.4. The highest BCUT2D eigenvalue weighted by molar-refractivity contribution is 9.10. The fourth-order valence-corrected chi connectivity index (χ4v) is 4.52. The van der Waals surface area contributed by atoms with Gasteiger partial charge < -0.3 is 4.74 Å². The highest BCUT2D eigenvalue weighted by atomic mass is 79.9. The molecular formula is C20H18BrClN4O3S. The molecule has 10 heteroatoms. The summed E-state index contributed by atoms with van der Waals surface area (Å²) in [5.74, 6) is 1.23. The molecule has 0 aliphatic rings. The Labute approximate surface area is 191 Å². The zero-order valence-corrected chi connectivity index (χ0v) is 19.2. The van der Waals surface area contributed by atoms with Crippen LogP contribution in [0.15, 0.2) is 64.7 Å². The molecule has 3 rings (SSSR count). The van der Waals surface area contributed by atoms with Crippen LogP contribution in [0.2, 0.25) is 5.02 Å². The van der Waals surface area contributed by atoms with Gasteiger partial charge in [0, 0.05) is 25.7 Å². The molecule has 0 unspecified atom stereocenters. The number of halogens is 2. The van der Waals surface area contributed by atoms with Gasteiger partial charge in [0.15, 0.2) is 5.16 Å². The number of nitrogens with zero attached hydrogens (tertiary/aromatic N) is 4. The van der Waals surface area contributed by atoms with Crippen molar-refractivity contribution in [2.45, 2.75) is 17.3 Å². The van der Waals surface area contributed by atoms with Gasteiger partial charge in [0.1, 0.15) is 23.4 Å². The molecule has 0 N–H and O–H groups in total. The Morgan fingerprint density at radius 2 is 2.07 bits per heavy atom. The molecule has 0 radical (unpaired) electrons. The second-order valence-electron chi connectivity index (χ2n) is 6.25. The van der Waals surface area contributed by atoms with Crippen LogP contribution >= 0.6 is 39.3 Å². The third kappa shape index (κ3) is 5.41. The van der Waals surface area contributed by atoms with Crippen molar-refractivity contribution in [3.63, 3.8) is 0 Å². The molecule has 7 nitrogen and oxygen atoms in total. The molecule has 0 spiro atoms. The van der Waals surface area contributed by atoms with Crippen molar-refractivity contribution in [2.75, 3.05) is 13.2 Å². The van der Waals surface area contributed by atoms with E-state index in [2.05, 4.69) is 32.7 Å². The number of aryl methyl sites for hydroxylation is 1. The van der Waals surface area contributed by atoms with Gasteiger partial charge in [-0.05, 0) is 49.4 Å². The lowest BCUT2D eigenvalue weighted by Gasteiger charge is -2.18. The van der Waals surface area contributed by atoms with Gasteiger partial charge in [-0.3, -0.25) is 14.7 Å². The summed E-state index contributed by atoms with van der Waals surface area (Å²) in [4.78, 5) is 11.1. The van der Waals surface area contributed by atoms with Crippen LogP contribution in [0.5, 0.6) is 5.75 Å². The van der Waals surface area contributed by atoms with Gasteiger partial charge in [0.2, 0.25) is 6.54 Å². The van der Waals surface area contributed by atoms with Gasteiger partial charge in [-0.15, -0.1) is 10.2 Å². The molecule has 0 saturated carbocycles. The fourth-order valence-electron chi connectivity index (χ4n) is 2.82. The Kier molecular flexibility index (Phi) is 7.52. The SMILES string of the molecule is C=CCOc1ccc(Br)cc1[C@@H](C[N+](=O)[O-])Sc1nnc(C)n1-c1ccc(Cl)cc1. The molecule has 0 saturated heterocycles. The Bertz CT molecular complexity index is 1060. The van der Waals surface area contributed by atoms with Crippen molar-refractivity contribution in [3.05, 3.63) is 86.1 Å². The molecule has 2 aromatic carbocycles. The van der Waals surface area contributed by atoms with E-state index in [4.69, 9.17) is 16.3 Å². The lowest BCUT2D eigenvalue weighted by atomic mass is 10.1. The van der Waals surface area contributed by atoms with Gasteiger partial charge in [-0.1, -0.05) is 51.9 Å². The molecule has 0 aliphatic heterocycles. The summed E-state index contributed by atoms with van der Waals surface area (Å²) in [6, 6.07) is 12.7. The van der Waals surface area contributed by atoms with E-state index in [0.29, 0.717) is 33.9 Å². The maximum atomic E-state index is 11.4. The third-order valence-corrected chi connectivity index (χ3v) is 6.03. The van der Waals surface area contributed by atoms with Crippen LogP contribution in [0.25, 0.3) is 5.69 Å². The largest absolute Gasteiger partial charge is 0.489 e. The second-order valence-corrected chi connectivity index (χ2v) is 8.77. The van der Waals surface area contributed by atoms with Gasteiger partial charge in [-0.2, -0.15) is 0 Å². The summed E-state index contributed by atoms with van der Waals surface area (Å²) in [7, 11) is 0. The number of nitro groups is 1. The summed E-state index contributed by atoms with van der Waals surface area (Å²) in [6.07, 6.45) is 1.63. The molecular weight excluding hydrogens is 492 g/mol. The molecule has 0 aliphatic carbocycles. The predicted molar refractivity (Wildman–Crippen MR) is 121 cm³/mol. The Balaban J connectivity index is 2.02. The van der Waals surface area contributed by atoms with E-state index in [1.54, 1.807) is 24.3 Å².